The van der Waals surface area contributed by atoms with E-state index in [9.17, 15) is 4.79 Å². The molecule has 8 nitrogen and oxygen atoms in total. The highest BCUT2D eigenvalue weighted by Crippen LogP contribution is 2.29. The van der Waals surface area contributed by atoms with Crippen LogP contribution in [0.1, 0.15) is 44.4 Å². The molecule has 0 saturated carbocycles. The third-order valence-electron chi connectivity index (χ3n) is 5.50. The molecule has 3 aromatic heterocycles. The average Bonchev–Trinajstić information content (AvgIpc) is 3.43. The fraction of sp³-hybridized carbons (Fsp3) is 0.348. The highest BCUT2D eigenvalue weighted by atomic mass is 35.5. The van der Waals surface area contributed by atoms with Gasteiger partial charge in [0.25, 0.3) is 0 Å². The van der Waals surface area contributed by atoms with Crippen LogP contribution in [-0.2, 0) is 19.5 Å². The second kappa shape index (κ2) is 9.91. The number of benzene rings is 1. The SMILES string of the molecule is CCCCn1c(Cl)c(CCC)n(Cc2ccc(-c3cnccc3-c3nn[nH]n3)cc2)c1=O. The smallest absolute Gasteiger partial charge is 0.290 e. The van der Waals surface area contributed by atoms with Crippen LogP contribution in [0.2, 0.25) is 5.15 Å². The molecule has 0 bridgehead atoms. The summed E-state index contributed by atoms with van der Waals surface area (Å²) in [7, 11) is 0. The summed E-state index contributed by atoms with van der Waals surface area (Å²) >= 11 is 6.60. The van der Waals surface area contributed by atoms with Crippen molar-refractivity contribution in [3.8, 4) is 22.5 Å². The summed E-state index contributed by atoms with van der Waals surface area (Å²) in [5, 5.41) is 14.9. The molecule has 9 heteroatoms. The van der Waals surface area contributed by atoms with E-state index in [1.54, 1.807) is 17.0 Å². The highest BCUT2D eigenvalue weighted by Gasteiger charge is 2.18. The third-order valence-corrected chi connectivity index (χ3v) is 5.92. The van der Waals surface area contributed by atoms with Crippen molar-refractivity contribution in [1.82, 2.24) is 34.7 Å². The van der Waals surface area contributed by atoms with Crippen molar-refractivity contribution in [3.63, 3.8) is 0 Å². The number of hydrogen-bond acceptors (Lipinski definition) is 5. The van der Waals surface area contributed by atoms with Gasteiger partial charge in [-0.25, -0.2) is 4.79 Å². The van der Waals surface area contributed by atoms with Crippen molar-refractivity contribution in [2.45, 2.75) is 52.6 Å². The molecule has 0 aliphatic heterocycles. The number of hydrogen-bond donors (Lipinski definition) is 1. The van der Waals surface area contributed by atoms with Gasteiger partial charge in [-0.1, -0.05) is 62.6 Å². The first-order valence-corrected chi connectivity index (χ1v) is 11.3. The fourth-order valence-corrected chi connectivity index (χ4v) is 4.18. The van der Waals surface area contributed by atoms with Crippen molar-refractivity contribution in [1.29, 1.82) is 0 Å². The Bertz CT molecular complexity index is 1230. The Balaban J connectivity index is 1.64. The summed E-state index contributed by atoms with van der Waals surface area (Å²) in [5.74, 6) is 0.519. The molecular weight excluding hydrogens is 426 g/mol. The van der Waals surface area contributed by atoms with Gasteiger partial charge in [-0.05, 0) is 35.2 Å². The maximum atomic E-state index is 13.1. The predicted molar refractivity (Wildman–Crippen MR) is 125 cm³/mol. The maximum absolute atomic E-state index is 13.1. The standard InChI is InChI=1S/C23H26ClN7O/c1-3-5-13-30-21(24)20(6-4-2)31(23(30)32)15-16-7-9-17(10-8-16)19-14-25-12-11-18(19)22-26-28-29-27-22/h7-12,14H,3-6,13,15H2,1-2H3,(H,26,27,28,29). The quantitative estimate of drug-likeness (QED) is 0.408. The molecule has 1 aromatic carbocycles. The summed E-state index contributed by atoms with van der Waals surface area (Å²) in [4.78, 5) is 17.3. The molecule has 0 unspecified atom stereocenters. The Morgan fingerprint density at radius 1 is 1.03 bits per heavy atom. The zero-order valence-corrected chi connectivity index (χ0v) is 19.0. The van der Waals surface area contributed by atoms with E-state index in [-0.39, 0.29) is 5.69 Å². The molecule has 0 amide bonds. The van der Waals surface area contributed by atoms with Gasteiger partial charge in [-0.15, -0.1) is 10.2 Å². The fourth-order valence-electron chi connectivity index (χ4n) is 3.83. The summed E-state index contributed by atoms with van der Waals surface area (Å²) in [6.45, 7) is 5.34. The van der Waals surface area contributed by atoms with Gasteiger partial charge in [0.15, 0.2) is 0 Å². The molecule has 166 valence electrons. The summed E-state index contributed by atoms with van der Waals surface area (Å²) < 4.78 is 3.52. The van der Waals surface area contributed by atoms with Gasteiger partial charge < -0.3 is 0 Å². The van der Waals surface area contributed by atoms with Crippen LogP contribution in [0.15, 0.2) is 47.5 Å². The Morgan fingerprint density at radius 2 is 1.84 bits per heavy atom. The van der Waals surface area contributed by atoms with Crippen LogP contribution >= 0.6 is 11.6 Å². The molecule has 0 aliphatic rings. The molecule has 4 rings (SSSR count). The molecule has 0 spiro atoms. The lowest BCUT2D eigenvalue weighted by Crippen LogP contribution is -2.25. The van der Waals surface area contributed by atoms with Crippen molar-refractivity contribution in [2.24, 2.45) is 0 Å². The molecule has 4 aromatic rings. The summed E-state index contributed by atoms with van der Waals surface area (Å²) in [6, 6.07) is 9.97. The zero-order valence-electron chi connectivity index (χ0n) is 18.3. The van der Waals surface area contributed by atoms with Crippen molar-refractivity contribution in [2.75, 3.05) is 0 Å². The van der Waals surface area contributed by atoms with E-state index in [0.29, 0.717) is 24.1 Å². The van der Waals surface area contributed by atoms with E-state index < -0.39 is 0 Å². The van der Waals surface area contributed by atoms with Gasteiger partial charge in [-0.3, -0.25) is 14.1 Å². The first kappa shape index (κ1) is 22.0. The Hall–Kier alpha value is -3.26. The molecular formula is C23H26ClN7O. The molecule has 1 N–H and O–H groups in total. The van der Waals surface area contributed by atoms with E-state index in [0.717, 1.165) is 53.6 Å². The number of nitrogens with zero attached hydrogens (tertiary/aromatic N) is 6. The normalized spacial score (nSPS) is 11.2. The molecule has 3 heterocycles. The number of imidazole rings is 1. The highest BCUT2D eigenvalue weighted by molar-refractivity contribution is 6.30. The molecule has 0 atom stereocenters. The van der Waals surface area contributed by atoms with Gasteiger partial charge in [0.05, 0.1) is 12.2 Å². The number of halogens is 1. The van der Waals surface area contributed by atoms with Gasteiger partial charge in [0.2, 0.25) is 5.82 Å². The lowest BCUT2D eigenvalue weighted by molar-refractivity contribution is 0.592. The first-order chi connectivity index (χ1) is 15.6. The van der Waals surface area contributed by atoms with Crippen LogP contribution in [0.3, 0.4) is 0 Å². The maximum Gasteiger partial charge on any atom is 0.329 e. The van der Waals surface area contributed by atoms with Crippen molar-refractivity contribution < 1.29 is 0 Å². The van der Waals surface area contributed by atoms with Gasteiger partial charge >= 0.3 is 5.69 Å². The number of tetrazole rings is 1. The number of nitrogens with one attached hydrogen (secondary N) is 1. The van der Waals surface area contributed by atoms with E-state index in [1.807, 2.05) is 34.9 Å². The number of pyridine rings is 1. The largest absolute Gasteiger partial charge is 0.329 e. The Morgan fingerprint density at radius 3 is 2.53 bits per heavy atom. The summed E-state index contributed by atoms with van der Waals surface area (Å²) in [6.07, 6.45) is 7.14. The van der Waals surface area contributed by atoms with Crippen LogP contribution in [0.5, 0.6) is 0 Å². The molecule has 0 aliphatic carbocycles. The summed E-state index contributed by atoms with van der Waals surface area (Å²) in [5.41, 5.74) is 4.65. The van der Waals surface area contributed by atoms with Crippen LogP contribution in [0.4, 0.5) is 0 Å². The number of aromatic amines is 1. The van der Waals surface area contributed by atoms with E-state index in [1.165, 1.54) is 0 Å². The van der Waals surface area contributed by atoms with Crippen LogP contribution < -0.4 is 5.69 Å². The van der Waals surface area contributed by atoms with E-state index in [4.69, 9.17) is 11.6 Å². The molecule has 32 heavy (non-hydrogen) atoms. The zero-order chi connectivity index (χ0) is 22.5. The number of aromatic nitrogens is 7. The van der Waals surface area contributed by atoms with E-state index in [2.05, 4.69) is 39.5 Å². The minimum atomic E-state index is -0.0392. The molecule has 0 saturated heterocycles. The molecule has 0 fully saturated rings. The van der Waals surface area contributed by atoms with E-state index >= 15 is 0 Å². The Kier molecular flexibility index (Phi) is 6.80. The lowest BCUT2D eigenvalue weighted by Gasteiger charge is -2.09. The van der Waals surface area contributed by atoms with Crippen molar-refractivity contribution in [3.05, 3.63) is 69.6 Å². The van der Waals surface area contributed by atoms with Gasteiger partial charge in [0, 0.05) is 30.1 Å². The second-order valence-corrected chi connectivity index (χ2v) is 8.07. The molecule has 0 radical (unpaired) electrons. The third kappa shape index (κ3) is 4.36. The van der Waals surface area contributed by atoms with Gasteiger partial charge in [-0.2, -0.15) is 5.21 Å². The predicted octanol–water partition coefficient (Wildman–Crippen LogP) is 4.35. The second-order valence-electron chi connectivity index (χ2n) is 7.72. The minimum absolute atomic E-state index is 0.0392. The van der Waals surface area contributed by atoms with Crippen molar-refractivity contribution >= 4 is 11.6 Å². The topological polar surface area (TPSA) is 94.3 Å². The lowest BCUT2D eigenvalue weighted by atomic mass is 10.0. The number of H-pyrrole nitrogens is 1. The first-order valence-electron chi connectivity index (χ1n) is 10.9. The van der Waals surface area contributed by atoms with Gasteiger partial charge in [0.1, 0.15) is 5.15 Å². The average molecular weight is 452 g/mol. The number of rotatable bonds is 9. The monoisotopic (exact) mass is 451 g/mol. The van der Waals surface area contributed by atoms with Crippen LogP contribution in [0, 0.1) is 0 Å². The van der Waals surface area contributed by atoms with Crippen LogP contribution in [-0.4, -0.2) is 34.7 Å². The van der Waals surface area contributed by atoms with Crippen LogP contribution in [0.25, 0.3) is 22.5 Å². The minimum Gasteiger partial charge on any atom is -0.290 e. The number of unbranched alkanes of at least 4 members (excludes halogenated alkanes) is 1. The Labute approximate surface area is 191 Å².